The van der Waals surface area contributed by atoms with Crippen molar-refractivity contribution in [3.63, 3.8) is 0 Å². The number of halogens is 1. The third kappa shape index (κ3) is 5.49. The summed E-state index contributed by atoms with van der Waals surface area (Å²) in [5, 5.41) is 2.87. The normalized spacial score (nSPS) is 17.8. The molecule has 0 radical (unpaired) electrons. The number of amides is 1. The molecule has 1 aliphatic heterocycles. The van der Waals surface area contributed by atoms with Gasteiger partial charge >= 0.3 is 0 Å². The fourth-order valence-corrected chi connectivity index (χ4v) is 4.98. The van der Waals surface area contributed by atoms with Crippen LogP contribution in [0, 0.1) is 17.7 Å². The van der Waals surface area contributed by atoms with E-state index >= 15 is 0 Å². The zero-order valence-corrected chi connectivity index (χ0v) is 20.0. The van der Waals surface area contributed by atoms with Crippen LogP contribution in [0.25, 0.3) is 0 Å². The summed E-state index contributed by atoms with van der Waals surface area (Å²) in [4.78, 5) is 17.0. The van der Waals surface area contributed by atoms with Gasteiger partial charge in [0.15, 0.2) is 0 Å². The van der Waals surface area contributed by atoms with Crippen molar-refractivity contribution in [2.24, 2.45) is 11.8 Å². The second kappa shape index (κ2) is 10.6. The predicted molar refractivity (Wildman–Crippen MR) is 131 cm³/mol. The van der Waals surface area contributed by atoms with Crippen molar-refractivity contribution < 1.29 is 13.9 Å². The van der Waals surface area contributed by atoms with Gasteiger partial charge in [0.1, 0.15) is 11.6 Å². The highest BCUT2D eigenvalue weighted by molar-refractivity contribution is 5.92. The van der Waals surface area contributed by atoms with Gasteiger partial charge in [-0.15, -0.1) is 0 Å². The highest BCUT2D eigenvalue weighted by Crippen LogP contribution is 2.45. The quantitative estimate of drug-likeness (QED) is 0.546. The van der Waals surface area contributed by atoms with E-state index in [1.807, 2.05) is 32.0 Å². The van der Waals surface area contributed by atoms with E-state index in [4.69, 9.17) is 4.74 Å². The van der Waals surface area contributed by atoms with Gasteiger partial charge in [-0.2, -0.15) is 0 Å². The van der Waals surface area contributed by atoms with Crippen LogP contribution in [0.15, 0.2) is 42.5 Å². The Labute approximate surface area is 196 Å². The first-order valence-electron chi connectivity index (χ1n) is 12.3. The maximum absolute atomic E-state index is 15.0. The van der Waals surface area contributed by atoms with Crippen LogP contribution in [-0.4, -0.2) is 44.1 Å². The van der Waals surface area contributed by atoms with E-state index in [0.29, 0.717) is 23.3 Å². The van der Waals surface area contributed by atoms with Crippen LogP contribution in [0.4, 0.5) is 15.8 Å². The van der Waals surface area contributed by atoms with Gasteiger partial charge in [-0.3, -0.25) is 9.69 Å². The number of methoxy groups -OCH3 is 1. The van der Waals surface area contributed by atoms with Crippen molar-refractivity contribution in [2.45, 2.75) is 45.6 Å². The topological polar surface area (TPSA) is 44.8 Å². The Morgan fingerprint density at radius 2 is 1.73 bits per heavy atom. The lowest BCUT2D eigenvalue weighted by Gasteiger charge is -2.40. The Morgan fingerprint density at radius 3 is 2.27 bits per heavy atom. The molecule has 0 bridgehead atoms. The van der Waals surface area contributed by atoms with E-state index in [-0.39, 0.29) is 17.6 Å². The molecule has 0 spiro atoms. The van der Waals surface area contributed by atoms with Gasteiger partial charge in [0, 0.05) is 43.8 Å². The summed E-state index contributed by atoms with van der Waals surface area (Å²) in [6.45, 7) is 7.38. The van der Waals surface area contributed by atoms with E-state index in [2.05, 4.69) is 27.2 Å². The summed E-state index contributed by atoms with van der Waals surface area (Å²) in [6.07, 6.45) is 4.11. The molecule has 1 aliphatic carbocycles. The van der Waals surface area contributed by atoms with Crippen LogP contribution >= 0.6 is 0 Å². The molecule has 1 unspecified atom stereocenters. The first-order chi connectivity index (χ1) is 16.0. The lowest BCUT2D eigenvalue weighted by molar-refractivity contribution is -0.120. The summed E-state index contributed by atoms with van der Waals surface area (Å²) in [5.41, 5.74) is 2.48. The highest BCUT2D eigenvalue weighted by Gasteiger charge is 2.37. The first-order valence-corrected chi connectivity index (χ1v) is 12.3. The smallest absolute Gasteiger partial charge is 0.227 e. The third-order valence-electron chi connectivity index (χ3n) is 7.15. The molecule has 1 saturated carbocycles. The van der Waals surface area contributed by atoms with Crippen LogP contribution < -0.4 is 15.0 Å². The molecule has 1 saturated heterocycles. The average Bonchev–Trinajstić information content (AvgIpc) is 3.66. The third-order valence-corrected chi connectivity index (χ3v) is 7.15. The molecule has 6 heteroatoms. The minimum Gasteiger partial charge on any atom is -0.497 e. The van der Waals surface area contributed by atoms with Gasteiger partial charge in [-0.05, 0) is 67.5 Å². The molecule has 178 valence electrons. The number of ether oxygens (including phenoxy) is 1. The summed E-state index contributed by atoms with van der Waals surface area (Å²) in [5.74, 6) is 1.24. The van der Waals surface area contributed by atoms with Gasteiger partial charge in [-0.1, -0.05) is 26.0 Å². The lowest BCUT2D eigenvalue weighted by atomic mass is 9.99. The fourth-order valence-electron chi connectivity index (χ4n) is 4.98. The lowest BCUT2D eigenvalue weighted by Crippen LogP contribution is -2.48. The molecule has 33 heavy (non-hydrogen) atoms. The van der Waals surface area contributed by atoms with Crippen LogP contribution in [0.5, 0.6) is 5.75 Å². The summed E-state index contributed by atoms with van der Waals surface area (Å²) in [6, 6.07) is 13.9. The summed E-state index contributed by atoms with van der Waals surface area (Å²) >= 11 is 0. The first kappa shape index (κ1) is 23.6. The standard InChI is InChI=1S/C27H36FN3O2/c1-4-19(5-2)27(32)29-22-10-13-25(24(28)18-22)30-14-16-31(17-15-30)26(20-6-7-20)21-8-11-23(33-3)12-9-21/h8-13,18-20,26H,4-7,14-17H2,1-3H3,(H,29,32). The summed E-state index contributed by atoms with van der Waals surface area (Å²) in [7, 11) is 1.69. The number of piperazine rings is 1. The Hall–Kier alpha value is -2.60. The van der Waals surface area contributed by atoms with Gasteiger partial charge < -0.3 is 15.0 Å². The van der Waals surface area contributed by atoms with Crippen LogP contribution in [0.3, 0.4) is 0 Å². The molecule has 2 fully saturated rings. The molecule has 1 amide bonds. The maximum Gasteiger partial charge on any atom is 0.227 e. The van der Waals surface area contributed by atoms with Crippen molar-refractivity contribution in [3.8, 4) is 5.75 Å². The van der Waals surface area contributed by atoms with Crippen LogP contribution in [-0.2, 0) is 4.79 Å². The Balaban J connectivity index is 1.39. The van der Waals surface area contributed by atoms with Crippen molar-refractivity contribution in [1.82, 2.24) is 4.90 Å². The zero-order chi connectivity index (χ0) is 23.4. The van der Waals surface area contributed by atoms with Crippen molar-refractivity contribution >= 4 is 17.3 Å². The monoisotopic (exact) mass is 453 g/mol. The number of hydrogen-bond acceptors (Lipinski definition) is 4. The van der Waals surface area contributed by atoms with Gasteiger partial charge in [0.05, 0.1) is 12.8 Å². The zero-order valence-electron chi connectivity index (χ0n) is 20.0. The van der Waals surface area contributed by atoms with Crippen molar-refractivity contribution in [3.05, 3.63) is 53.8 Å². The number of benzene rings is 2. The Kier molecular flexibility index (Phi) is 7.53. The number of carbonyl (C=O) groups excluding carboxylic acids is 1. The van der Waals surface area contributed by atoms with E-state index in [1.54, 1.807) is 13.2 Å². The molecule has 1 N–H and O–H groups in total. The van der Waals surface area contributed by atoms with E-state index in [1.165, 1.54) is 24.5 Å². The number of rotatable bonds is 9. The number of nitrogens with one attached hydrogen (secondary N) is 1. The largest absolute Gasteiger partial charge is 0.497 e. The Morgan fingerprint density at radius 1 is 1.06 bits per heavy atom. The van der Waals surface area contributed by atoms with Gasteiger partial charge in [0.2, 0.25) is 5.91 Å². The number of carbonyl (C=O) groups is 1. The molecular formula is C27H36FN3O2. The molecule has 1 heterocycles. The molecule has 0 aromatic heterocycles. The fraction of sp³-hybridized carbons (Fsp3) is 0.519. The van der Waals surface area contributed by atoms with Crippen molar-refractivity contribution in [1.29, 1.82) is 0 Å². The number of anilines is 2. The second-order valence-corrected chi connectivity index (χ2v) is 9.25. The number of nitrogens with zero attached hydrogens (tertiary/aromatic N) is 2. The molecule has 2 aromatic carbocycles. The van der Waals surface area contributed by atoms with Gasteiger partial charge in [0.25, 0.3) is 0 Å². The predicted octanol–water partition coefficient (Wildman–Crippen LogP) is 5.48. The Bertz CT molecular complexity index is 933. The minimum absolute atomic E-state index is 0.0362. The van der Waals surface area contributed by atoms with Crippen molar-refractivity contribution in [2.75, 3.05) is 43.5 Å². The number of hydrogen-bond donors (Lipinski definition) is 1. The van der Waals surface area contributed by atoms with Gasteiger partial charge in [-0.25, -0.2) is 4.39 Å². The van der Waals surface area contributed by atoms with E-state index < -0.39 is 0 Å². The average molecular weight is 454 g/mol. The molecule has 5 nitrogen and oxygen atoms in total. The molecular weight excluding hydrogens is 417 g/mol. The highest BCUT2D eigenvalue weighted by atomic mass is 19.1. The van der Waals surface area contributed by atoms with E-state index in [9.17, 15) is 9.18 Å². The maximum atomic E-state index is 15.0. The SMILES string of the molecule is CCC(CC)C(=O)Nc1ccc(N2CCN(C(c3ccc(OC)cc3)C3CC3)CC2)c(F)c1. The molecule has 2 aliphatic rings. The molecule has 1 atom stereocenters. The molecule has 2 aromatic rings. The van der Waals surface area contributed by atoms with E-state index in [0.717, 1.165) is 44.8 Å². The summed E-state index contributed by atoms with van der Waals surface area (Å²) < 4.78 is 20.3. The minimum atomic E-state index is -0.278. The van der Waals surface area contributed by atoms with Crippen LogP contribution in [0.1, 0.15) is 51.1 Å². The van der Waals surface area contributed by atoms with Crippen LogP contribution in [0.2, 0.25) is 0 Å². The second-order valence-electron chi connectivity index (χ2n) is 9.25. The molecule has 4 rings (SSSR count).